The lowest BCUT2D eigenvalue weighted by Crippen LogP contribution is -2.19. The molecule has 120 valence electrons. The molecule has 1 heterocycles. The molecule has 0 aliphatic rings. The zero-order chi connectivity index (χ0) is 16.8. The summed E-state index contributed by atoms with van der Waals surface area (Å²) in [5.74, 6) is 0.292. The van der Waals surface area contributed by atoms with Crippen LogP contribution in [0.4, 0.5) is 16.5 Å². The number of aromatic nitrogens is 2. The molecule has 3 aromatic rings. The molecule has 2 N–H and O–H groups in total. The van der Waals surface area contributed by atoms with Gasteiger partial charge in [0.1, 0.15) is 0 Å². The summed E-state index contributed by atoms with van der Waals surface area (Å²) >= 11 is 5.79. The third-order valence-electron chi connectivity index (χ3n) is 2.98. The van der Waals surface area contributed by atoms with Crippen molar-refractivity contribution in [2.75, 3.05) is 10.6 Å². The van der Waals surface area contributed by atoms with Gasteiger partial charge in [0.15, 0.2) is 0 Å². The highest BCUT2D eigenvalue weighted by atomic mass is 35.5. The van der Waals surface area contributed by atoms with Crippen LogP contribution in [0, 0.1) is 0 Å². The monoisotopic (exact) mass is 340 g/mol. The Labute approximate surface area is 143 Å². The minimum Gasteiger partial charge on any atom is -0.404 e. The van der Waals surface area contributed by atoms with E-state index in [0.29, 0.717) is 16.6 Å². The lowest BCUT2D eigenvalue weighted by molar-refractivity contribution is 0.261. The second kappa shape index (κ2) is 7.43. The number of hydrogen-bond donors (Lipinski definition) is 2. The van der Waals surface area contributed by atoms with E-state index in [1.165, 1.54) is 0 Å². The lowest BCUT2D eigenvalue weighted by Gasteiger charge is -2.04. The van der Waals surface area contributed by atoms with Crippen molar-refractivity contribution in [3.63, 3.8) is 0 Å². The standard InChI is InChI=1S/C17H13ClN4O2/c18-13-7-9-14(10-8-13)19-16(23)20-17-22-21-15(24-17)11-6-12-4-2-1-3-5-12/h1-11H,(H2,19,20,22,23). The molecule has 0 aliphatic heterocycles. The summed E-state index contributed by atoms with van der Waals surface area (Å²) in [6.07, 6.45) is 3.51. The number of nitrogens with zero attached hydrogens (tertiary/aromatic N) is 2. The molecular weight excluding hydrogens is 328 g/mol. The molecule has 0 radical (unpaired) electrons. The topological polar surface area (TPSA) is 80.0 Å². The van der Waals surface area contributed by atoms with Gasteiger partial charge in [0.2, 0.25) is 5.89 Å². The fraction of sp³-hybridized carbons (Fsp3) is 0. The van der Waals surface area contributed by atoms with Crippen LogP contribution in [0.1, 0.15) is 11.5 Å². The SMILES string of the molecule is O=C(Nc1ccc(Cl)cc1)Nc1nnc(C=Cc2ccccc2)o1. The molecule has 2 aromatic carbocycles. The molecule has 0 spiro atoms. The molecule has 6 nitrogen and oxygen atoms in total. The van der Waals surface area contributed by atoms with Gasteiger partial charge >= 0.3 is 12.0 Å². The number of rotatable bonds is 4. The Balaban J connectivity index is 1.58. The number of hydrogen-bond acceptors (Lipinski definition) is 4. The summed E-state index contributed by atoms with van der Waals surface area (Å²) in [4.78, 5) is 11.9. The van der Waals surface area contributed by atoms with Gasteiger partial charge in [0.05, 0.1) is 0 Å². The third-order valence-corrected chi connectivity index (χ3v) is 3.23. The van der Waals surface area contributed by atoms with E-state index < -0.39 is 6.03 Å². The maximum atomic E-state index is 11.9. The molecule has 0 saturated carbocycles. The number of nitrogens with one attached hydrogen (secondary N) is 2. The second-order valence-electron chi connectivity index (χ2n) is 4.78. The number of urea groups is 1. The first-order valence-electron chi connectivity index (χ1n) is 7.09. The van der Waals surface area contributed by atoms with Crippen molar-refractivity contribution in [2.24, 2.45) is 0 Å². The fourth-order valence-corrected chi connectivity index (χ4v) is 2.00. The van der Waals surface area contributed by atoms with E-state index in [4.69, 9.17) is 16.0 Å². The van der Waals surface area contributed by atoms with E-state index in [-0.39, 0.29) is 6.01 Å². The number of halogens is 1. The van der Waals surface area contributed by atoms with E-state index >= 15 is 0 Å². The summed E-state index contributed by atoms with van der Waals surface area (Å²) in [5, 5.41) is 13.3. The highest BCUT2D eigenvalue weighted by molar-refractivity contribution is 6.30. The van der Waals surface area contributed by atoms with Gasteiger partial charge in [-0.1, -0.05) is 47.0 Å². The van der Waals surface area contributed by atoms with Crippen LogP contribution in [0.5, 0.6) is 0 Å². The highest BCUT2D eigenvalue weighted by Crippen LogP contribution is 2.14. The predicted octanol–water partition coefficient (Wildman–Crippen LogP) is 4.54. The van der Waals surface area contributed by atoms with Crippen LogP contribution < -0.4 is 10.6 Å². The van der Waals surface area contributed by atoms with Crippen LogP contribution in [-0.4, -0.2) is 16.2 Å². The van der Waals surface area contributed by atoms with Crippen molar-refractivity contribution < 1.29 is 9.21 Å². The van der Waals surface area contributed by atoms with Crippen molar-refractivity contribution in [1.29, 1.82) is 0 Å². The van der Waals surface area contributed by atoms with E-state index in [0.717, 1.165) is 5.56 Å². The van der Waals surface area contributed by atoms with E-state index in [1.807, 2.05) is 36.4 Å². The van der Waals surface area contributed by atoms with Gasteiger partial charge in [-0.3, -0.25) is 5.32 Å². The minimum atomic E-state index is -0.487. The molecule has 0 unspecified atom stereocenters. The zero-order valence-electron chi connectivity index (χ0n) is 12.4. The maximum absolute atomic E-state index is 11.9. The Hall–Kier alpha value is -3.12. The predicted molar refractivity (Wildman–Crippen MR) is 93.8 cm³/mol. The van der Waals surface area contributed by atoms with E-state index in [9.17, 15) is 4.79 Å². The molecule has 0 fully saturated rings. The van der Waals surface area contributed by atoms with Crippen molar-refractivity contribution in [3.8, 4) is 0 Å². The van der Waals surface area contributed by atoms with E-state index in [1.54, 1.807) is 30.3 Å². The van der Waals surface area contributed by atoms with Crippen molar-refractivity contribution >= 4 is 41.5 Å². The number of benzene rings is 2. The van der Waals surface area contributed by atoms with Crippen LogP contribution in [-0.2, 0) is 0 Å². The molecule has 0 atom stereocenters. The number of carbonyl (C=O) groups is 1. The Kier molecular flexibility index (Phi) is 4.88. The lowest BCUT2D eigenvalue weighted by atomic mass is 10.2. The van der Waals surface area contributed by atoms with Crippen molar-refractivity contribution in [1.82, 2.24) is 10.2 Å². The molecule has 0 saturated heterocycles. The van der Waals surface area contributed by atoms with Gasteiger partial charge in [-0.25, -0.2) is 4.79 Å². The summed E-state index contributed by atoms with van der Waals surface area (Å²) in [6, 6.07) is 15.9. The fourth-order valence-electron chi connectivity index (χ4n) is 1.88. The Morgan fingerprint density at radius 1 is 0.958 bits per heavy atom. The number of amides is 2. The van der Waals surface area contributed by atoms with Crippen LogP contribution >= 0.6 is 11.6 Å². The van der Waals surface area contributed by atoms with Gasteiger partial charge in [0.25, 0.3) is 0 Å². The normalized spacial score (nSPS) is 10.7. The highest BCUT2D eigenvalue weighted by Gasteiger charge is 2.08. The van der Waals surface area contributed by atoms with Crippen LogP contribution in [0.25, 0.3) is 12.2 Å². The van der Waals surface area contributed by atoms with Gasteiger partial charge < -0.3 is 9.73 Å². The average molecular weight is 341 g/mol. The summed E-state index contributed by atoms with van der Waals surface area (Å²) in [7, 11) is 0. The van der Waals surface area contributed by atoms with Gasteiger partial charge in [0, 0.05) is 16.8 Å². The molecule has 7 heteroatoms. The summed E-state index contributed by atoms with van der Waals surface area (Å²) < 4.78 is 5.33. The van der Waals surface area contributed by atoms with Crippen molar-refractivity contribution in [3.05, 3.63) is 71.1 Å². The maximum Gasteiger partial charge on any atom is 0.327 e. The largest absolute Gasteiger partial charge is 0.404 e. The van der Waals surface area contributed by atoms with Gasteiger partial charge in [-0.15, -0.1) is 5.10 Å². The first-order chi connectivity index (χ1) is 11.7. The smallest absolute Gasteiger partial charge is 0.327 e. The second-order valence-corrected chi connectivity index (χ2v) is 5.21. The number of anilines is 2. The average Bonchev–Trinajstić information content (AvgIpc) is 3.03. The van der Waals surface area contributed by atoms with Gasteiger partial charge in [-0.2, -0.15) is 0 Å². The molecule has 1 aromatic heterocycles. The minimum absolute atomic E-state index is 0.00850. The molecule has 0 aliphatic carbocycles. The van der Waals surface area contributed by atoms with Crippen LogP contribution in [0.3, 0.4) is 0 Å². The molecule has 3 rings (SSSR count). The zero-order valence-corrected chi connectivity index (χ0v) is 13.2. The summed E-state index contributed by atoms with van der Waals surface area (Å²) in [6.45, 7) is 0. The van der Waals surface area contributed by atoms with Crippen LogP contribution in [0.15, 0.2) is 59.0 Å². The Morgan fingerprint density at radius 2 is 1.71 bits per heavy atom. The van der Waals surface area contributed by atoms with Crippen LogP contribution in [0.2, 0.25) is 5.02 Å². The molecule has 24 heavy (non-hydrogen) atoms. The first kappa shape index (κ1) is 15.8. The van der Waals surface area contributed by atoms with E-state index in [2.05, 4.69) is 20.8 Å². The summed E-state index contributed by atoms with van der Waals surface area (Å²) in [5.41, 5.74) is 1.60. The third kappa shape index (κ3) is 4.44. The Morgan fingerprint density at radius 3 is 2.46 bits per heavy atom. The first-order valence-corrected chi connectivity index (χ1v) is 7.47. The quantitative estimate of drug-likeness (QED) is 0.730. The molecular formula is C17H13ClN4O2. The Bertz CT molecular complexity index is 845. The molecule has 2 amide bonds. The van der Waals surface area contributed by atoms with Crippen molar-refractivity contribution in [2.45, 2.75) is 0 Å². The molecule has 0 bridgehead atoms. The van der Waals surface area contributed by atoms with Gasteiger partial charge in [-0.05, 0) is 35.9 Å². The number of carbonyl (C=O) groups excluding carboxylic acids is 1.